The molecule has 5 heteroatoms. The molecule has 2 atom stereocenters. The van der Waals surface area contributed by atoms with Crippen LogP contribution in [0.4, 0.5) is 4.39 Å². The number of nitrogens with one attached hydrogen (secondary N) is 2. The van der Waals surface area contributed by atoms with Crippen molar-refractivity contribution in [3.63, 3.8) is 0 Å². The van der Waals surface area contributed by atoms with Gasteiger partial charge in [-0.2, -0.15) is 0 Å². The van der Waals surface area contributed by atoms with Gasteiger partial charge in [0.25, 0.3) is 0 Å². The van der Waals surface area contributed by atoms with Gasteiger partial charge in [0.05, 0.1) is 12.6 Å². The SMILES string of the molecule is CCNC(=NCc1ccccc1F)NCC1CCCOC1c1ccccc1. The van der Waals surface area contributed by atoms with E-state index in [4.69, 9.17) is 4.74 Å². The minimum atomic E-state index is -0.220. The molecule has 144 valence electrons. The first-order valence-electron chi connectivity index (χ1n) is 9.70. The maximum Gasteiger partial charge on any atom is 0.191 e. The van der Waals surface area contributed by atoms with Gasteiger partial charge in [0.2, 0.25) is 0 Å². The van der Waals surface area contributed by atoms with E-state index >= 15 is 0 Å². The molecule has 0 saturated carbocycles. The molecule has 1 aliphatic rings. The van der Waals surface area contributed by atoms with E-state index in [2.05, 4.69) is 39.9 Å². The summed E-state index contributed by atoms with van der Waals surface area (Å²) in [5, 5.41) is 6.66. The van der Waals surface area contributed by atoms with Gasteiger partial charge in [-0.15, -0.1) is 0 Å². The Labute approximate surface area is 160 Å². The lowest BCUT2D eigenvalue weighted by atomic mass is 9.89. The van der Waals surface area contributed by atoms with Crippen molar-refractivity contribution in [2.24, 2.45) is 10.9 Å². The second kappa shape index (κ2) is 10.1. The Hall–Kier alpha value is -2.40. The number of hydrogen-bond donors (Lipinski definition) is 2. The van der Waals surface area contributed by atoms with Crippen molar-refractivity contribution >= 4 is 5.96 Å². The highest BCUT2D eigenvalue weighted by Gasteiger charge is 2.27. The Kier molecular flexibility index (Phi) is 7.22. The molecule has 1 aliphatic heterocycles. The van der Waals surface area contributed by atoms with Crippen molar-refractivity contribution < 1.29 is 9.13 Å². The highest BCUT2D eigenvalue weighted by atomic mass is 19.1. The van der Waals surface area contributed by atoms with Gasteiger partial charge in [0.1, 0.15) is 5.82 Å². The lowest BCUT2D eigenvalue weighted by Crippen LogP contribution is -2.42. The third kappa shape index (κ3) is 5.54. The van der Waals surface area contributed by atoms with E-state index in [1.165, 1.54) is 11.6 Å². The lowest BCUT2D eigenvalue weighted by molar-refractivity contribution is -0.0265. The Morgan fingerprint density at radius 1 is 1.11 bits per heavy atom. The standard InChI is InChI=1S/C22H28FN3O/c1-2-24-22(25-15-18-11-6-7-13-20(18)23)26-16-19-12-8-14-27-21(19)17-9-4-3-5-10-17/h3-7,9-11,13,19,21H,2,8,12,14-16H2,1H3,(H2,24,25,26). The molecular formula is C22H28FN3O. The first-order chi connectivity index (χ1) is 13.3. The maximum absolute atomic E-state index is 13.8. The van der Waals surface area contributed by atoms with Crippen molar-refractivity contribution in [2.45, 2.75) is 32.4 Å². The van der Waals surface area contributed by atoms with Crippen LogP contribution in [0.1, 0.15) is 37.0 Å². The fourth-order valence-electron chi connectivity index (χ4n) is 3.42. The van der Waals surface area contributed by atoms with E-state index in [1.807, 2.05) is 19.1 Å². The number of halogens is 1. The second-order valence-corrected chi connectivity index (χ2v) is 6.77. The Bertz CT molecular complexity index is 735. The van der Waals surface area contributed by atoms with Crippen LogP contribution in [0, 0.1) is 11.7 Å². The van der Waals surface area contributed by atoms with Gasteiger partial charge in [-0.25, -0.2) is 9.38 Å². The summed E-state index contributed by atoms with van der Waals surface area (Å²) in [6, 6.07) is 17.1. The van der Waals surface area contributed by atoms with Gasteiger partial charge in [-0.1, -0.05) is 48.5 Å². The van der Waals surface area contributed by atoms with Gasteiger partial charge in [0.15, 0.2) is 5.96 Å². The minimum Gasteiger partial charge on any atom is -0.373 e. The summed E-state index contributed by atoms with van der Waals surface area (Å²) in [6.45, 7) is 4.66. The van der Waals surface area contributed by atoms with E-state index in [9.17, 15) is 4.39 Å². The molecule has 0 bridgehead atoms. The van der Waals surface area contributed by atoms with Gasteiger partial charge in [-0.3, -0.25) is 0 Å². The molecule has 0 aliphatic carbocycles. The predicted molar refractivity (Wildman–Crippen MR) is 107 cm³/mol. The van der Waals surface area contributed by atoms with Crippen LogP contribution in [0.25, 0.3) is 0 Å². The van der Waals surface area contributed by atoms with Crippen LogP contribution in [-0.4, -0.2) is 25.7 Å². The quantitative estimate of drug-likeness (QED) is 0.596. The average Bonchev–Trinajstić information content (AvgIpc) is 2.72. The normalized spacial score (nSPS) is 20.3. The van der Waals surface area contributed by atoms with E-state index < -0.39 is 0 Å². The molecule has 0 aromatic heterocycles. The largest absolute Gasteiger partial charge is 0.373 e. The van der Waals surface area contributed by atoms with Crippen molar-refractivity contribution in [2.75, 3.05) is 19.7 Å². The number of ether oxygens (including phenoxy) is 1. The van der Waals surface area contributed by atoms with Crippen molar-refractivity contribution in [1.29, 1.82) is 0 Å². The van der Waals surface area contributed by atoms with E-state index in [1.54, 1.807) is 12.1 Å². The lowest BCUT2D eigenvalue weighted by Gasteiger charge is -2.32. The summed E-state index contributed by atoms with van der Waals surface area (Å²) < 4.78 is 19.9. The van der Waals surface area contributed by atoms with Gasteiger partial charge in [0, 0.05) is 31.2 Å². The molecule has 0 spiro atoms. The summed E-state index contributed by atoms with van der Waals surface area (Å²) in [4.78, 5) is 4.54. The number of nitrogens with zero attached hydrogens (tertiary/aromatic N) is 1. The highest BCUT2D eigenvalue weighted by Crippen LogP contribution is 2.33. The number of aliphatic imine (C=N–C) groups is 1. The van der Waals surface area contributed by atoms with Crippen molar-refractivity contribution in [3.8, 4) is 0 Å². The fraction of sp³-hybridized carbons (Fsp3) is 0.409. The first kappa shape index (κ1) is 19.4. The molecular weight excluding hydrogens is 341 g/mol. The zero-order valence-corrected chi connectivity index (χ0v) is 15.8. The van der Waals surface area contributed by atoms with Crippen LogP contribution in [0.2, 0.25) is 0 Å². The van der Waals surface area contributed by atoms with Gasteiger partial charge >= 0.3 is 0 Å². The third-order valence-electron chi connectivity index (χ3n) is 4.81. The van der Waals surface area contributed by atoms with Crippen molar-refractivity contribution in [3.05, 3.63) is 71.5 Å². The van der Waals surface area contributed by atoms with Crippen LogP contribution in [0.5, 0.6) is 0 Å². The second-order valence-electron chi connectivity index (χ2n) is 6.77. The fourth-order valence-corrected chi connectivity index (χ4v) is 3.42. The van der Waals surface area contributed by atoms with Gasteiger partial charge < -0.3 is 15.4 Å². The first-order valence-corrected chi connectivity index (χ1v) is 9.70. The molecule has 1 saturated heterocycles. The zero-order chi connectivity index (χ0) is 18.9. The highest BCUT2D eigenvalue weighted by molar-refractivity contribution is 5.79. The van der Waals surface area contributed by atoms with Crippen LogP contribution in [0.3, 0.4) is 0 Å². The molecule has 4 nitrogen and oxygen atoms in total. The number of guanidine groups is 1. The van der Waals surface area contributed by atoms with Crippen LogP contribution >= 0.6 is 0 Å². The smallest absolute Gasteiger partial charge is 0.191 e. The number of hydrogen-bond acceptors (Lipinski definition) is 2. The Balaban J connectivity index is 1.63. The van der Waals surface area contributed by atoms with Crippen LogP contribution in [0.15, 0.2) is 59.6 Å². The topological polar surface area (TPSA) is 45.7 Å². The number of benzene rings is 2. The van der Waals surface area contributed by atoms with Crippen LogP contribution in [-0.2, 0) is 11.3 Å². The third-order valence-corrected chi connectivity index (χ3v) is 4.81. The molecule has 2 aromatic carbocycles. The molecule has 0 amide bonds. The van der Waals surface area contributed by atoms with Gasteiger partial charge in [-0.05, 0) is 31.4 Å². The Morgan fingerprint density at radius 2 is 1.89 bits per heavy atom. The number of rotatable bonds is 6. The monoisotopic (exact) mass is 369 g/mol. The summed E-state index contributed by atoms with van der Waals surface area (Å²) in [6.07, 6.45) is 2.28. The summed E-state index contributed by atoms with van der Waals surface area (Å²) in [7, 11) is 0. The van der Waals surface area contributed by atoms with E-state index in [0.717, 1.165) is 32.5 Å². The van der Waals surface area contributed by atoms with E-state index in [0.29, 0.717) is 24.0 Å². The molecule has 0 radical (unpaired) electrons. The summed E-state index contributed by atoms with van der Waals surface area (Å²) in [5.74, 6) is 0.860. The van der Waals surface area contributed by atoms with Crippen molar-refractivity contribution in [1.82, 2.24) is 10.6 Å². The summed E-state index contributed by atoms with van der Waals surface area (Å²) in [5.41, 5.74) is 1.81. The minimum absolute atomic E-state index is 0.0990. The molecule has 1 heterocycles. The molecule has 1 fully saturated rings. The maximum atomic E-state index is 13.8. The molecule has 3 rings (SSSR count). The van der Waals surface area contributed by atoms with Crippen LogP contribution < -0.4 is 10.6 Å². The molecule has 27 heavy (non-hydrogen) atoms. The Morgan fingerprint density at radius 3 is 2.67 bits per heavy atom. The average molecular weight is 369 g/mol. The molecule has 2 unspecified atom stereocenters. The summed E-state index contributed by atoms with van der Waals surface area (Å²) >= 11 is 0. The van der Waals surface area contributed by atoms with E-state index in [-0.39, 0.29) is 11.9 Å². The zero-order valence-electron chi connectivity index (χ0n) is 15.8. The molecule has 2 aromatic rings. The predicted octanol–water partition coefficient (Wildman–Crippen LogP) is 4.05. The molecule has 2 N–H and O–H groups in total.